The molecule has 9 heteroatoms. The maximum atomic E-state index is 13.3. The van der Waals surface area contributed by atoms with Gasteiger partial charge in [-0.05, 0) is 55.2 Å². The van der Waals surface area contributed by atoms with E-state index in [1.165, 1.54) is 4.90 Å². The third-order valence-electron chi connectivity index (χ3n) is 6.58. The van der Waals surface area contributed by atoms with Crippen LogP contribution in [0.3, 0.4) is 0 Å². The first-order chi connectivity index (χ1) is 16.5. The average Bonchev–Trinajstić information content (AvgIpc) is 3.35. The highest BCUT2D eigenvalue weighted by Crippen LogP contribution is 2.34. The SMILES string of the molecule is CCOCC1Cc2ccccc2N1C(=O)Nc1ccc2c(c1)CN(C1CCC(=O)NC1=O)C2=O. The fraction of sp³-hybridized carbons (Fsp3) is 0.360. The monoisotopic (exact) mass is 462 g/mol. The number of hydrogen-bond acceptors (Lipinski definition) is 5. The fourth-order valence-electron chi connectivity index (χ4n) is 4.96. The summed E-state index contributed by atoms with van der Waals surface area (Å²) in [6, 6.07) is 11.9. The first-order valence-electron chi connectivity index (χ1n) is 11.5. The zero-order valence-corrected chi connectivity index (χ0v) is 18.9. The van der Waals surface area contributed by atoms with Gasteiger partial charge in [0.25, 0.3) is 5.91 Å². The Labute approximate surface area is 197 Å². The molecule has 0 bridgehead atoms. The number of para-hydroxylation sites is 1. The molecule has 0 saturated carbocycles. The molecule has 3 aliphatic rings. The lowest BCUT2D eigenvalue weighted by Crippen LogP contribution is -2.52. The number of carbonyl (C=O) groups excluding carboxylic acids is 4. The Kier molecular flexibility index (Phi) is 5.79. The number of hydrogen-bond donors (Lipinski definition) is 2. The largest absolute Gasteiger partial charge is 0.380 e. The van der Waals surface area contributed by atoms with Crippen LogP contribution < -0.4 is 15.5 Å². The number of rotatable bonds is 5. The standard InChI is InChI=1S/C25H26N4O5/c1-2-34-14-18-12-15-5-3-4-6-20(15)29(18)25(33)26-17-7-8-19-16(11-17)13-28(24(19)32)21-9-10-22(30)27-23(21)31/h3-8,11,18,21H,2,9-10,12-14H2,1H3,(H,26,33)(H,27,30,31). The number of imide groups is 1. The van der Waals surface area contributed by atoms with E-state index >= 15 is 0 Å². The topological polar surface area (TPSA) is 108 Å². The Morgan fingerprint density at radius 1 is 1.15 bits per heavy atom. The van der Waals surface area contributed by atoms with Crippen molar-refractivity contribution in [3.05, 3.63) is 59.2 Å². The lowest BCUT2D eigenvalue weighted by molar-refractivity contribution is -0.136. The van der Waals surface area contributed by atoms with E-state index in [1.807, 2.05) is 31.2 Å². The van der Waals surface area contributed by atoms with Gasteiger partial charge in [0.2, 0.25) is 11.8 Å². The van der Waals surface area contributed by atoms with Crippen molar-refractivity contribution in [2.45, 2.75) is 44.8 Å². The third-order valence-corrected chi connectivity index (χ3v) is 6.58. The van der Waals surface area contributed by atoms with Gasteiger partial charge in [-0.15, -0.1) is 0 Å². The zero-order valence-electron chi connectivity index (χ0n) is 18.9. The molecule has 9 nitrogen and oxygen atoms in total. The molecule has 0 spiro atoms. The summed E-state index contributed by atoms with van der Waals surface area (Å²) in [5.74, 6) is -1.01. The molecule has 0 aromatic heterocycles. The number of ether oxygens (including phenoxy) is 1. The van der Waals surface area contributed by atoms with E-state index in [-0.39, 0.29) is 36.9 Å². The second kappa shape index (κ2) is 8.90. The molecule has 2 aromatic carbocycles. The predicted molar refractivity (Wildman–Crippen MR) is 124 cm³/mol. The van der Waals surface area contributed by atoms with Gasteiger partial charge in [0, 0.05) is 36.5 Å². The summed E-state index contributed by atoms with van der Waals surface area (Å²) in [4.78, 5) is 53.1. The van der Waals surface area contributed by atoms with Crippen molar-refractivity contribution in [1.82, 2.24) is 10.2 Å². The molecule has 5 rings (SSSR count). The van der Waals surface area contributed by atoms with Gasteiger partial charge >= 0.3 is 6.03 Å². The van der Waals surface area contributed by atoms with E-state index in [0.717, 1.165) is 23.2 Å². The molecule has 2 aromatic rings. The smallest absolute Gasteiger partial charge is 0.326 e. The number of amides is 5. The van der Waals surface area contributed by atoms with Gasteiger partial charge in [-0.25, -0.2) is 4.79 Å². The van der Waals surface area contributed by atoms with Gasteiger partial charge in [0.15, 0.2) is 0 Å². The van der Waals surface area contributed by atoms with Crippen LogP contribution in [0.15, 0.2) is 42.5 Å². The van der Waals surface area contributed by atoms with Crippen LogP contribution in [0.25, 0.3) is 0 Å². The van der Waals surface area contributed by atoms with Crippen LogP contribution in [-0.2, 0) is 27.3 Å². The van der Waals surface area contributed by atoms with Crippen molar-refractivity contribution in [2.24, 2.45) is 0 Å². The Hall–Kier alpha value is -3.72. The number of urea groups is 1. The van der Waals surface area contributed by atoms with Crippen LogP contribution in [0.4, 0.5) is 16.2 Å². The molecular formula is C25H26N4O5. The summed E-state index contributed by atoms with van der Waals surface area (Å²) >= 11 is 0. The van der Waals surface area contributed by atoms with E-state index in [4.69, 9.17) is 4.74 Å². The van der Waals surface area contributed by atoms with Crippen LogP contribution in [-0.4, -0.2) is 54.0 Å². The van der Waals surface area contributed by atoms with Gasteiger partial charge in [-0.2, -0.15) is 0 Å². The first-order valence-corrected chi connectivity index (χ1v) is 11.5. The molecule has 2 unspecified atom stereocenters. The number of nitrogens with one attached hydrogen (secondary N) is 2. The van der Waals surface area contributed by atoms with E-state index < -0.39 is 11.9 Å². The van der Waals surface area contributed by atoms with Crippen molar-refractivity contribution in [3.8, 4) is 0 Å². The zero-order chi connectivity index (χ0) is 23.8. The van der Waals surface area contributed by atoms with Gasteiger partial charge in [-0.1, -0.05) is 18.2 Å². The molecular weight excluding hydrogens is 436 g/mol. The van der Waals surface area contributed by atoms with E-state index in [1.54, 1.807) is 23.1 Å². The Morgan fingerprint density at radius 2 is 1.97 bits per heavy atom. The van der Waals surface area contributed by atoms with E-state index in [9.17, 15) is 19.2 Å². The van der Waals surface area contributed by atoms with Crippen molar-refractivity contribution in [3.63, 3.8) is 0 Å². The highest BCUT2D eigenvalue weighted by atomic mass is 16.5. The molecule has 2 atom stereocenters. The summed E-state index contributed by atoms with van der Waals surface area (Å²) in [5, 5.41) is 5.27. The number of anilines is 2. The van der Waals surface area contributed by atoms with E-state index in [2.05, 4.69) is 10.6 Å². The van der Waals surface area contributed by atoms with Gasteiger partial charge < -0.3 is 15.0 Å². The van der Waals surface area contributed by atoms with Crippen LogP contribution in [0.5, 0.6) is 0 Å². The molecule has 2 N–H and O–H groups in total. The molecule has 3 heterocycles. The second-order valence-electron chi connectivity index (χ2n) is 8.72. The molecule has 34 heavy (non-hydrogen) atoms. The Morgan fingerprint density at radius 3 is 2.76 bits per heavy atom. The van der Waals surface area contributed by atoms with Crippen molar-refractivity contribution < 1.29 is 23.9 Å². The highest BCUT2D eigenvalue weighted by molar-refractivity contribution is 6.07. The minimum atomic E-state index is -0.670. The Balaban J connectivity index is 1.33. The Bertz CT molecular complexity index is 1180. The summed E-state index contributed by atoms with van der Waals surface area (Å²) in [7, 11) is 0. The van der Waals surface area contributed by atoms with Crippen LogP contribution >= 0.6 is 0 Å². The lowest BCUT2D eigenvalue weighted by atomic mass is 10.0. The minimum Gasteiger partial charge on any atom is -0.380 e. The number of nitrogens with zero attached hydrogens (tertiary/aromatic N) is 2. The number of fused-ring (bicyclic) bond motifs is 2. The molecule has 0 aliphatic carbocycles. The minimum absolute atomic E-state index is 0.101. The summed E-state index contributed by atoms with van der Waals surface area (Å²) in [5.41, 5.74) is 3.77. The first kappa shape index (κ1) is 22.1. The van der Waals surface area contributed by atoms with Crippen LogP contribution in [0.2, 0.25) is 0 Å². The molecule has 1 fully saturated rings. The van der Waals surface area contributed by atoms with Gasteiger partial charge in [0.1, 0.15) is 6.04 Å². The van der Waals surface area contributed by atoms with Crippen molar-refractivity contribution in [2.75, 3.05) is 23.4 Å². The number of carbonyl (C=O) groups is 4. The van der Waals surface area contributed by atoms with E-state index in [0.29, 0.717) is 30.9 Å². The second-order valence-corrected chi connectivity index (χ2v) is 8.72. The van der Waals surface area contributed by atoms with Crippen LogP contribution in [0, 0.1) is 0 Å². The molecule has 176 valence electrons. The summed E-state index contributed by atoms with van der Waals surface area (Å²) in [6.07, 6.45) is 1.24. The highest BCUT2D eigenvalue weighted by Gasteiger charge is 2.39. The molecule has 1 saturated heterocycles. The van der Waals surface area contributed by atoms with Crippen molar-refractivity contribution >= 4 is 35.1 Å². The van der Waals surface area contributed by atoms with Gasteiger partial charge in [-0.3, -0.25) is 24.6 Å². The van der Waals surface area contributed by atoms with Crippen molar-refractivity contribution in [1.29, 1.82) is 0 Å². The number of piperidine rings is 1. The predicted octanol–water partition coefficient (Wildman–Crippen LogP) is 2.45. The lowest BCUT2D eigenvalue weighted by Gasteiger charge is -2.29. The quantitative estimate of drug-likeness (QED) is 0.664. The average molecular weight is 463 g/mol. The maximum absolute atomic E-state index is 13.3. The van der Waals surface area contributed by atoms with Crippen LogP contribution in [0.1, 0.15) is 41.3 Å². The summed E-state index contributed by atoms with van der Waals surface area (Å²) in [6.45, 7) is 3.20. The summed E-state index contributed by atoms with van der Waals surface area (Å²) < 4.78 is 5.62. The normalized spacial score (nSPS) is 21.4. The van der Waals surface area contributed by atoms with Gasteiger partial charge in [0.05, 0.1) is 12.6 Å². The maximum Gasteiger partial charge on any atom is 0.326 e. The molecule has 3 aliphatic heterocycles. The fourth-order valence-corrected chi connectivity index (χ4v) is 4.96. The number of benzene rings is 2. The molecule has 5 amide bonds. The third kappa shape index (κ3) is 3.92. The molecule has 0 radical (unpaired) electrons.